The monoisotopic (exact) mass is 585 g/mol. The molecule has 2 aromatic heterocycles. The molecule has 0 saturated heterocycles. The number of hydrogen-bond acceptors (Lipinski definition) is 1. The first-order chi connectivity index (χ1) is 22.8. The quantitative estimate of drug-likeness (QED) is 0.202. The summed E-state index contributed by atoms with van der Waals surface area (Å²) in [7, 11) is 0. The van der Waals surface area contributed by atoms with E-state index in [2.05, 4.69) is 161 Å². The highest BCUT2D eigenvalue weighted by molar-refractivity contribution is 6.17. The summed E-state index contributed by atoms with van der Waals surface area (Å²) < 4.78 is 4.72. The van der Waals surface area contributed by atoms with Gasteiger partial charge in [0.2, 0.25) is 0 Å². The van der Waals surface area contributed by atoms with E-state index in [1.165, 1.54) is 43.7 Å². The van der Waals surface area contributed by atoms with Gasteiger partial charge < -0.3 is 9.13 Å². The molecule has 0 spiro atoms. The molecule has 214 valence electrons. The number of fused-ring (bicyclic) bond motifs is 6. The van der Waals surface area contributed by atoms with Crippen molar-refractivity contribution in [1.82, 2.24) is 9.13 Å². The Bertz CT molecular complexity index is 2630. The lowest BCUT2D eigenvalue weighted by Crippen LogP contribution is -1.93. The van der Waals surface area contributed by atoms with Crippen LogP contribution in [0.4, 0.5) is 0 Å². The smallest absolute Gasteiger partial charge is 0.0991 e. The van der Waals surface area contributed by atoms with Gasteiger partial charge in [-0.1, -0.05) is 91.0 Å². The fraction of sp³-hybridized carbons (Fsp3) is 0. The molecule has 46 heavy (non-hydrogen) atoms. The summed E-state index contributed by atoms with van der Waals surface area (Å²) in [5.41, 5.74) is 12.2. The van der Waals surface area contributed by atoms with E-state index < -0.39 is 0 Å². The molecule has 0 bridgehead atoms. The van der Waals surface area contributed by atoms with Crippen LogP contribution in [0.5, 0.6) is 0 Å². The lowest BCUT2D eigenvalue weighted by Gasteiger charge is -2.10. The number of rotatable bonds is 4. The third kappa shape index (κ3) is 3.98. The molecule has 0 fully saturated rings. The highest BCUT2D eigenvalue weighted by atomic mass is 15.0. The molecule has 0 radical (unpaired) electrons. The zero-order valence-electron chi connectivity index (χ0n) is 24.9. The molecule has 0 atom stereocenters. The van der Waals surface area contributed by atoms with Crippen LogP contribution in [0, 0.1) is 11.3 Å². The van der Waals surface area contributed by atoms with E-state index in [0.29, 0.717) is 5.56 Å². The summed E-state index contributed by atoms with van der Waals surface area (Å²) in [4.78, 5) is 0. The van der Waals surface area contributed by atoms with Crippen molar-refractivity contribution < 1.29 is 0 Å². The molecule has 3 heteroatoms. The van der Waals surface area contributed by atoms with Gasteiger partial charge in [0.15, 0.2) is 0 Å². The van der Waals surface area contributed by atoms with Crippen LogP contribution in [0.25, 0.3) is 77.2 Å². The molecule has 0 saturated carbocycles. The molecular formula is C43H27N3. The van der Waals surface area contributed by atoms with E-state index in [1.54, 1.807) is 0 Å². The molecule has 0 amide bonds. The van der Waals surface area contributed by atoms with Gasteiger partial charge in [0.05, 0.1) is 33.7 Å². The first-order valence-corrected chi connectivity index (χ1v) is 15.5. The molecular weight excluding hydrogens is 558 g/mol. The number of nitrogens with zero attached hydrogens (tertiary/aromatic N) is 3. The molecule has 0 aliphatic carbocycles. The number of nitriles is 1. The van der Waals surface area contributed by atoms with Gasteiger partial charge in [0.1, 0.15) is 0 Å². The maximum atomic E-state index is 9.54. The second-order valence-electron chi connectivity index (χ2n) is 11.7. The van der Waals surface area contributed by atoms with Crippen LogP contribution in [0.1, 0.15) is 5.56 Å². The Kier molecular flexibility index (Phi) is 5.88. The van der Waals surface area contributed by atoms with Crippen LogP contribution in [0.3, 0.4) is 0 Å². The minimum absolute atomic E-state index is 0.661. The molecule has 0 aliphatic heterocycles. The van der Waals surface area contributed by atoms with Gasteiger partial charge in [-0.2, -0.15) is 5.26 Å². The lowest BCUT2D eigenvalue weighted by molar-refractivity contribution is 1.18. The number of benzene rings is 7. The van der Waals surface area contributed by atoms with E-state index in [9.17, 15) is 5.26 Å². The molecule has 0 unspecified atom stereocenters. The Hall–Kier alpha value is -6.37. The van der Waals surface area contributed by atoms with Crippen molar-refractivity contribution in [1.29, 1.82) is 5.26 Å². The van der Waals surface area contributed by atoms with Crippen molar-refractivity contribution >= 4 is 43.6 Å². The molecule has 2 heterocycles. The molecule has 0 aliphatic rings. The summed E-state index contributed by atoms with van der Waals surface area (Å²) >= 11 is 0. The van der Waals surface area contributed by atoms with Gasteiger partial charge in [0.25, 0.3) is 0 Å². The van der Waals surface area contributed by atoms with Crippen molar-refractivity contribution in [2.45, 2.75) is 0 Å². The van der Waals surface area contributed by atoms with E-state index >= 15 is 0 Å². The van der Waals surface area contributed by atoms with Gasteiger partial charge in [-0.3, -0.25) is 0 Å². The average Bonchev–Trinajstić information content (AvgIpc) is 3.64. The van der Waals surface area contributed by atoms with Gasteiger partial charge in [-0.25, -0.2) is 0 Å². The van der Waals surface area contributed by atoms with E-state index in [4.69, 9.17) is 0 Å². The molecule has 7 aromatic carbocycles. The third-order valence-electron chi connectivity index (χ3n) is 9.13. The van der Waals surface area contributed by atoms with Crippen molar-refractivity contribution in [3.63, 3.8) is 0 Å². The Labute approximate surface area is 266 Å². The van der Waals surface area contributed by atoms with Gasteiger partial charge in [0, 0.05) is 32.9 Å². The van der Waals surface area contributed by atoms with E-state index in [-0.39, 0.29) is 0 Å². The lowest BCUT2D eigenvalue weighted by atomic mass is 9.97. The zero-order valence-corrected chi connectivity index (χ0v) is 24.9. The van der Waals surface area contributed by atoms with E-state index in [1.807, 2.05) is 18.2 Å². The first kappa shape index (κ1) is 26.1. The second-order valence-corrected chi connectivity index (χ2v) is 11.7. The summed E-state index contributed by atoms with van der Waals surface area (Å²) in [5.74, 6) is 0. The first-order valence-electron chi connectivity index (χ1n) is 15.5. The highest BCUT2D eigenvalue weighted by Crippen LogP contribution is 2.41. The summed E-state index contributed by atoms with van der Waals surface area (Å²) in [6, 6.07) is 60.2. The van der Waals surface area contributed by atoms with E-state index in [0.717, 1.165) is 33.5 Å². The minimum Gasteiger partial charge on any atom is -0.309 e. The fourth-order valence-corrected chi connectivity index (χ4v) is 7.11. The molecule has 3 nitrogen and oxygen atoms in total. The molecule has 0 N–H and O–H groups in total. The Morgan fingerprint density at radius 1 is 0.391 bits per heavy atom. The number of aromatic nitrogens is 2. The van der Waals surface area contributed by atoms with Gasteiger partial charge >= 0.3 is 0 Å². The standard InChI is InChI=1S/C43H27N3/c44-28-29-11-9-12-30(25-29)31-21-23-40-37(26-31)38-27-32(22-24-41(38)45(40)33-13-3-1-4-14-33)35-18-10-20-42-43(35)36-17-7-8-19-39(36)46(42)34-15-5-2-6-16-34/h1-27H. The van der Waals surface area contributed by atoms with Crippen LogP contribution in [0.2, 0.25) is 0 Å². The van der Waals surface area contributed by atoms with Crippen molar-refractivity contribution in [3.05, 3.63) is 169 Å². The van der Waals surface area contributed by atoms with Crippen molar-refractivity contribution in [2.75, 3.05) is 0 Å². The maximum Gasteiger partial charge on any atom is 0.0991 e. The third-order valence-corrected chi connectivity index (χ3v) is 9.13. The summed E-state index contributed by atoms with van der Waals surface area (Å²) in [5, 5.41) is 14.4. The maximum absolute atomic E-state index is 9.54. The van der Waals surface area contributed by atoms with Crippen LogP contribution in [-0.4, -0.2) is 9.13 Å². The Morgan fingerprint density at radius 3 is 1.65 bits per heavy atom. The second kappa shape index (κ2) is 10.4. The van der Waals surface area contributed by atoms with Crippen LogP contribution < -0.4 is 0 Å². The topological polar surface area (TPSA) is 33.6 Å². The fourth-order valence-electron chi connectivity index (χ4n) is 7.11. The van der Waals surface area contributed by atoms with Crippen LogP contribution >= 0.6 is 0 Å². The predicted molar refractivity (Wildman–Crippen MR) is 191 cm³/mol. The number of hydrogen-bond donors (Lipinski definition) is 0. The SMILES string of the molecule is N#Cc1cccc(-c2ccc3c(c2)c2cc(-c4cccc5c4c4ccccc4n5-c4ccccc4)ccc2n3-c2ccccc2)c1. The average molecular weight is 586 g/mol. The molecule has 9 rings (SSSR count). The van der Waals surface area contributed by atoms with Gasteiger partial charge in [-0.15, -0.1) is 0 Å². The van der Waals surface area contributed by atoms with Crippen LogP contribution in [0.15, 0.2) is 164 Å². The normalized spacial score (nSPS) is 11.5. The Morgan fingerprint density at radius 2 is 0.935 bits per heavy atom. The van der Waals surface area contributed by atoms with Crippen molar-refractivity contribution in [3.8, 4) is 39.7 Å². The number of para-hydroxylation sites is 3. The van der Waals surface area contributed by atoms with Crippen LogP contribution in [-0.2, 0) is 0 Å². The summed E-state index contributed by atoms with van der Waals surface area (Å²) in [6.45, 7) is 0. The minimum atomic E-state index is 0.661. The predicted octanol–water partition coefficient (Wildman–Crippen LogP) is 11.1. The largest absolute Gasteiger partial charge is 0.309 e. The van der Waals surface area contributed by atoms with Crippen molar-refractivity contribution in [2.24, 2.45) is 0 Å². The summed E-state index contributed by atoms with van der Waals surface area (Å²) in [6.07, 6.45) is 0. The highest BCUT2D eigenvalue weighted by Gasteiger charge is 2.18. The zero-order chi connectivity index (χ0) is 30.6. The molecule has 9 aromatic rings. The van der Waals surface area contributed by atoms with Gasteiger partial charge in [-0.05, 0) is 95.1 Å². The Balaban J connectivity index is 1.33.